The number of pyridine rings is 1. The van der Waals surface area contributed by atoms with Crippen molar-refractivity contribution in [3.8, 4) is 0 Å². The van der Waals surface area contributed by atoms with E-state index in [0.717, 1.165) is 5.82 Å². The quantitative estimate of drug-likeness (QED) is 0.522. The molecule has 0 saturated carbocycles. The second-order valence-corrected chi connectivity index (χ2v) is 8.31. The lowest BCUT2D eigenvalue weighted by atomic mass is 10.2. The number of nitrogens with one attached hydrogen (secondary N) is 2. The first-order valence-corrected chi connectivity index (χ1v) is 11.4. The number of anilines is 4. The normalized spacial score (nSPS) is 13.5. The summed E-state index contributed by atoms with van der Waals surface area (Å²) in [5.74, 6) is 0.314. The molecule has 2 aromatic carbocycles. The molecule has 1 aromatic heterocycles. The van der Waals surface area contributed by atoms with Crippen molar-refractivity contribution in [3.63, 3.8) is 0 Å². The molecule has 4 rings (SSSR count). The lowest BCUT2D eigenvalue weighted by Gasteiger charge is -2.35. The smallest absolute Gasteiger partial charge is 0.257 e. The predicted molar refractivity (Wildman–Crippen MR) is 132 cm³/mol. The monoisotopic (exact) mass is 481 g/mol. The van der Waals surface area contributed by atoms with Crippen molar-refractivity contribution in [3.05, 3.63) is 77.2 Å². The molecule has 2 amide bonds. The minimum Gasteiger partial charge on any atom is -0.354 e. The number of nitrogens with zero attached hydrogens (tertiary/aromatic N) is 3. The summed E-state index contributed by atoms with van der Waals surface area (Å²) in [7, 11) is 0. The van der Waals surface area contributed by atoms with Crippen molar-refractivity contribution < 1.29 is 14.0 Å². The summed E-state index contributed by atoms with van der Waals surface area (Å²) in [5.41, 5.74) is 2.23. The fourth-order valence-corrected chi connectivity index (χ4v) is 3.87. The SMILES string of the molecule is CCC(=O)N1CCN(c2ccc(C(=O)Nc3ccc(Cl)c(Nc4ccc(F)cc4)c3)cn2)CC1. The van der Waals surface area contributed by atoms with Crippen molar-refractivity contribution >= 4 is 46.3 Å². The summed E-state index contributed by atoms with van der Waals surface area (Å²) >= 11 is 6.27. The Labute approximate surface area is 202 Å². The molecule has 0 aliphatic carbocycles. The van der Waals surface area contributed by atoms with Crippen LogP contribution in [0.5, 0.6) is 0 Å². The van der Waals surface area contributed by atoms with E-state index in [2.05, 4.69) is 20.5 Å². The Balaban J connectivity index is 1.38. The average Bonchev–Trinajstić information content (AvgIpc) is 2.87. The molecule has 1 aliphatic heterocycles. The number of carbonyl (C=O) groups excluding carboxylic acids is 2. The second-order valence-electron chi connectivity index (χ2n) is 7.91. The summed E-state index contributed by atoms with van der Waals surface area (Å²) in [5, 5.41) is 6.43. The maximum Gasteiger partial charge on any atom is 0.257 e. The van der Waals surface area contributed by atoms with Gasteiger partial charge in [-0.2, -0.15) is 0 Å². The summed E-state index contributed by atoms with van der Waals surface area (Å²) in [6.45, 7) is 4.62. The van der Waals surface area contributed by atoms with E-state index in [1.807, 2.05) is 17.9 Å². The molecule has 176 valence electrons. The number of rotatable bonds is 6. The maximum atomic E-state index is 13.1. The first-order chi connectivity index (χ1) is 16.4. The summed E-state index contributed by atoms with van der Waals surface area (Å²) < 4.78 is 13.1. The predicted octanol–water partition coefficient (Wildman–Crippen LogP) is 4.93. The zero-order valence-electron chi connectivity index (χ0n) is 18.7. The number of piperazine rings is 1. The molecule has 1 saturated heterocycles. The number of aromatic nitrogens is 1. The first kappa shape index (κ1) is 23.5. The molecule has 0 bridgehead atoms. The van der Waals surface area contributed by atoms with Crippen LogP contribution >= 0.6 is 11.6 Å². The first-order valence-electron chi connectivity index (χ1n) is 11.0. The number of hydrogen-bond donors (Lipinski definition) is 2. The van der Waals surface area contributed by atoms with E-state index in [-0.39, 0.29) is 17.6 Å². The van der Waals surface area contributed by atoms with Crippen LogP contribution in [-0.2, 0) is 4.79 Å². The maximum absolute atomic E-state index is 13.1. The van der Waals surface area contributed by atoms with Gasteiger partial charge in [0.15, 0.2) is 0 Å². The van der Waals surface area contributed by atoms with Gasteiger partial charge in [0, 0.05) is 50.2 Å². The van der Waals surface area contributed by atoms with E-state index in [1.54, 1.807) is 42.6 Å². The van der Waals surface area contributed by atoms with Crippen LogP contribution in [0.25, 0.3) is 0 Å². The van der Waals surface area contributed by atoms with Gasteiger partial charge in [0.2, 0.25) is 5.91 Å². The van der Waals surface area contributed by atoms with E-state index < -0.39 is 0 Å². The third kappa shape index (κ3) is 5.63. The highest BCUT2D eigenvalue weighted by Gasteiger charge is 2.21. The average molecular weight is 482 g/mol. The van der Waals surface area contributed by atoms with E-state index >= 15 is 0 Å². The van der Waals surface area contributed by atoms with Crippen LogP contribution in [0.1, 0.15) is 23.7 Å². The lowest BCUT2D eigenvalue weighted by Crippen LogP contribution is -2.48. The van der Waals surface area contributed by atoms with Crippen LogP contribution in [0.4, 0.5) is 27.3 Å². The standard InChI is InChI=1S/C25H25ClFN5O2/c1-2-24(33)32-13-11-31(12-14-32)23-10-3-17(16-28-23)25(34)30-20-8-9-21(26)22(15-20)29-19-6-4-18(27)5-7-19/h3-10,15-16,29H,2,11-14H2,1H3,(H,30,34). The summed E-state index contributed by atoms with van der Waals surface area (Å²) in [6, 6.07) is 14.5. The fourth-order valence-electron chi connectivity index (χ4n) is 3.71. The van der Waals surface area contributed by atoms with Gasteiger partial charge in [0.05, 0.1) is 16.3 Å². The van der Waals surface area contributed by atoms with Gasteiger partial charge in [-0.1, -0.05) is 18.5 Å². The highest BCUT2D eigenvalue weighted by Crippen LogP contribution is 2.29. The Kier molecular flexibility index (Phi) is 7.27. The molecule has 0 unspecified atom stereocenters. The van der Waals surface area contributed by atoms with Crippen LogP contribution in [0.15, 0.2) is 60.8 Å². The topological polar surface area (TPSA) is 77.6 Å². The molecular weight excluding hydrogens is 457 g/mol. The summed E-state index contributed by atoms with van der Waals surface area (Å²) in [6.07, 6.45) is 2.06. The van der Waals surface area contributed by atoms with Gasteiger partial charge in [-0.25, -0.2) is 9.37 Å². The highest BCUT2D eigenvalue weighted by molar-refractivity contribution is 6.33. The van der Waals surface area contributed by atoms with Gasteiger partial charge in [0.1, 0.15) is 11.6 Å². The van der Waals surface area contributed by atoms with E-state index in [9.17, 15) is 14.0 Å². The Morgan fingerprint density at radius 1 is 1.00 bits per heavy atom. The van der Waals surface area contributed by atoms with Crippen molar-refractivity contribution in [2.45, 2.75) is 13.3 Å². The molecule has 0 atom stereocenters. The van der Waals surface area contributed by atoms with Gasteiger partial charge in [-0.05, 0) is 54.6 Å². The number of halogens is 2. The molecule has 9 heteroatoms. The molecule has 2 heterocycles. The van der Waals surface area contributed by atoms with Gasteiger partial charge >= 0.3 is 0 Å². The van der Waals surface area contributed by atoms with Crippen LogP contribution in [0, 0.1) is 5.82 Å². The van der Waals surface area contributed by atoms with Crippen LogP contribution in [0.3, 0.4) is 0 Å². The largest absolute Gasteiger partial charge is 0.354 e. The molecule has 2 N–H and O–H groups in total. The third-order valence-corrected chi connectivity index (χ3v) is 5.95. The molecule has 0 spiro atoms. The minimum absolute atomic E-state index is 0.165. The van der Waals surface area contributed by atoms with Crippen molar-refractivity contribution in [1.29, 1.82) is 0 Å². The van der Waals surface area contributed by atoms with Gasteiger partial charge in [-0.3, -0.25) is 9.59 Å². The third-order valence-electron chi connectivity index (χ3n) is 5.62. The zero-order chi connectivity index (χ0) is 24.1. The van der Waals surface area contributed by atoms with Crippen molar-refractivity contribution in [1.82, 2.24) is 9.88 Å². The van der Waals surface area contributed by atoms with Crippen molar-refractivity contribution in [2.75, 3.05) is 41.7 Å². The molecule has 7 nitrogen and oxygen atoms in total. The molecule has 3 aromatic rings. The van der Waals surface area contributed by atoms with Crippen LogP contribution < -0.4 is 15.5 Å². The van der Waals surface area contributed by atoms with Gasteiger partial charge in [0.25, 0.3) is 5.91 Å². The molecular formula is C25H25ClFN5O2. The Morgan fingerprint density at radius 2 is 1.71 bits per heavy atom. The molecule has 1 fully saturated rings. The molecule has 0 radical (unpaired) electrons. The van der Waals surface area contributed by atoms with Gasteiger partial charge < -0.3 is 20.4 Å². The van der Waals surface area contributed by atoms with E-state index in [0.29, 0.717) is 60.2 Å². The zero-order valence-corrected chi connectivity index (χ0v) is 19.5. The molecule has 34 heavy (non-hydrogen) atoms. The second kappa shape index (κ2) is 10.5. The Morgan fingerprint density at radius 3 is 2.35 bits per heavy atom. The van der Waals surface area contributed by atoms with E-state index in [1.165, 1.54) is 12.1 Å². The summed E-state index contributed by atoms with van der Waals surface area (Å²) in [4.78, 5) is 33.0. The van der Waals surface area contributed by atoms with Crippen molar-refractivity contribution in [2.24, 2.45) is 0 Å². The number of hydrogen-bond acceptors (Lipinski definition) is 5. The van der Waals surface area contributed by atoms with Crippen LogP contribution in [-0.4, -0.2) is 47.9 Å². The lowest BCUT2D eigenvalue weighted by molar-refractivity contribution is -0.131. The number of benzene rings is 2. The molecule has 1 aliphatic rings. The fraction of sp³-hybridized carbons (Fsp3) is 0.240. The number of carbonyl (C=O) groups is 2. The number of amides is 2. The van der Waals surface area contributed by atoms with Gasteiger partial charge in [-0.15, -0.1) is 0 Å². The Bertz CT molecular complexity index is 1160. The minimum atomic E-state index is -0.328. The van der Waals surface area contributed by atoms with E-state index in [4.69, 9.17) is 11.6 Å². The van der Waals surface area contributed by atoms with Crippen LogP contribution in [0.2, 0.25) is 5.02 Å². The highest BCUT2D eigenvalue weighted by atomic mass is 35.5. The Hall–Kier alpha value is -3.65.